The molecule has 130 valence electrons. The molecule has 2 amide bonds. The van der Waals surface area contributed by atoms with Crippen LogP contribution >= 0.6 is 0 Å². The average molecular weight is 325 g/mol. The van der Waals surface area contributed by atoms with Gasteiger partial charge in [-0.05, 0) is 32.7 Å². The van der Waals surface area contributed by atoms with Crippen molar-refractivity contribution < 1.29 is 19.4 Å². The zero-order valence-corrected chi connectivity index (χ0v) is 14.0. The predicted molar refractivity (Wildman–Crippen MR) is 83.9 cm³/mol. The van der Waals surface area contributed by atoms with Gasteiger partial charge in [0.25, 0.3) is 0 Å². The third-order valence-corrected chi connectivity index (χ3v) is 5.71. The summed E-state index contributed by atoms with van der Waals surface area (Å²) in [5.74, 6) is 0.0250. The van der Waals surface area contributed by atoms with Crippen LogP contribution < -0.4 is 0 Å². The molecule has 1 N–H and O–H groups in total. The van der Waals surface area contributed by atoms with Crippen LogP contribution in [0.2, 0.25) is 0 Å². The van der Waals surface area contributed by atoms with Crippen LogP contribution in [0.25, 0.3) is 0 Å². The number of piperidine rings is 1. The van der Waals surface area contributed by atoms with Gasteiger partial charge >= 0.3 is 6.09 Å². The molecular formula is C16H27N3O4. The number of fused-ring (bicyclic) bond motifs is 2. The molecule has 3 aliphatic rings. The fourth-order valence-electron chi connectivity index (χ4n) is 3.93. The van der Waals surface area contributed by atoms with Gasteiger partial charge in [0.1, 0.15) is 12.2 Å². The minimum absolute atomic E-state index is 0.0131. The van der Waals surface area contributed by atoms with Crippen molar-refractivity contribution >= 4 is 12.0 Å². The van der Waals surface area contributed by atoms with Crippen LogP contribution in [0.5, 0.6) is 0 Å². The highest BCUT2D eigenvalue weighted by molar-refractivity contribution is 5.73. The van der Waals surface area contributed by atoms with E-state index in [0.717, 1.165) is 12.8 Å². The number of aliphatic hydroxyl groups is 1. The van der Waals surface area contributed by atoms with E-state index in [0.29, 0.717) is 51.1 Å². The lowest BCUT2D eigenvalue weighted by atomic mass is 9.92. The van der Waals surface area contributed by atoms with Crippen molar-refractivity contribution in [3.63, 3.8) is 0 Å². The molecule has 0 spiro atoms. The molecule has 3 rings (SSSR count). The molecule has 7 nitrogen and oxygen atoms in total. The van der Waals surface area contributed by atoms with Crippen LogP contribution in [0.3, 0.4) is 0 Å². The normalized spacial score (nSPS) is 30.4. The fraction of sp³-hybridized carbons (Fsp3) is 0.875. The number of piperazine rings is 1. The van der Waals surface area contributed by atoms with E-state index in [9.17, 15) is 14.7 Å². The summed E-state index contributed by atoms with van der Waals surface area (Å²) < 4.78 is 5.39. The largest absolute Gasteiger partial charge is 0.446 e. The maximum absolute atomic E-state index is 12.3. The number of likely N-dealkylation sites (N-methyl/N-ethyl adjacent to an activating group) is 1. The first-order chi connectivity index (χ1) is 10.9. The highest BCUT2D eigenvalue weighted by atomic mass is 16.6. The van der Waals surface area contributed by atoms with Gasteiger partial charge in [0.05, 0.1) is 0 Å². The Labute approximate surface area is 137 Å². The Morgan fingerprint density at radius 3 is 2.22 bits per heavy atom. The van der Waals surface area contributed by atoms with Gasteiger partial charge in [-0.2, -0.15) is 0 Å². The third kappa shape index (κ3) is 3.45. The molecule has 0 aliphatic carbocycles. The van der Waals surface area contributed by atoms with E-state index in [1.165, 1.54) is 6.92 Å². The van der Waals surface area contributed by atoms with Gasteiger partial charge in [0, 0.05) is 45.2 Å². The Balaban J connectivity index is 1.47. The van der Waals surface area contributed by atoms with E-state index >= 15 is 0 Å². The van der Waals surface area contributed by atoms with Crippen LogP contribution in [0.4, 0.5) is 4.79 Å². The number of hydrogen-bond donors (Lipinski definition) is 1. The van der Waals surface area contributed by atoms with Crippen molar-refractivity contribution in [2.24, 2.45) is 0 Å². The molecule has 2 atom stereocenters. The summed E-state index contributed by atoms with van der Waals surface area (Å²) in [6.07, 6.45) is 2.85. The van der Waals surface area contributed by atoms with Crippen LogP contribution in [0.15, 0.2) is 0 Å². The lowest BCUT2D eigenvalue weighted by Crippen LogP contribution is -2.54. The van der Waals surface area contributed by atoms with E-state index in [1.54, 1.807) is 9.80 Å². The highest BCUT2D eigenvalue weighted by Crippen LogP contribution is 2.29. The number of amides is 2. The molecule has 2 bridgehead atoms. The molecule has 0 saturated carbocycles. The number of ether oxygens (including phenoxy) is 1. The first-order valence-corrected chi connectivity index (χ1v) is 8.49. The van der Waals surface area contributed by atoms with Crippen molar-refractivity contribution in [3.8, 4) is 0 Å². The Morgan fingerprint density at radius 2 is 1.70 bits per heavy atom. The summed E-state index contributed by atoms with van der Waals surface area (Å²) >= 11 is 0. The van der Waals surface area contributed by atoms with Gasteiger partial charge in [-0.25, -0.2) is 4.79 Å². The monoisotopic (exact) mass is 325 g/mol. The van der Waals surface area contributed by atoms with Gasteiger partial charge in [0.2, 0.25) is 5.91 Å². The Bertz CT molecular complexity index is 462. The second-order valence-electron chi connectivity index (χ2n) is 7.24. The van der Waals surface area contributed by atoms with E-state index in [1.807, 2.05) is 0 Å². The second kappa shape index (κ2) is 6.28. The first-order valence-electron chi connectivity index (χ1n) is 8.49. The summed E-state index contributed by atoms with van der Waals surface area (Å²) in [5, 5.41) is 10.5. The minimum Gasteiger partial charge on any atom is -0.446 e. The van der Waals surface area contributed by atoms with E-state index in [4.69, 9.17) is 4.74 Å². The molecule has 0 aromatic heterocycles. The maximum atomic E-state index is 12.3. The summed E-state index contributed by atoms with van der Waals surface area (Å²) in [6.45, 7) is 4.00. The summed E-state index contributed by atoms with van der Waals surface area (Å²) in [7, 11) is 2.12. The van der Waals surface area contributed by atoms with Crippen LogP contribution in [-0.2, 0) is 9.53 Å². The molecule has 0 aromatic carbocycles. The number of likely N-dealkylation sites (tertiary alicyclic amines) is 2. The summed E-state index contributed by atoms with van der Waals surface area (Å²) in [5.41, 5.74) is -1.01. The number of carbonyl (C=O) groups is 2. The third-order valence-electron chi connectivity index (χ3n) is 5.71. The molecule has 3 fully saturated rings. The first kappa shape index (κ1) is 16.5. The maximum Gasteiger partial charge on any atom is 0.409 e. The average Bonchev–Trinajstić information content (AvgIpc) is 2.75. The van der Waals surface area contributed by atoms with Crippen LogP contribution in [0.1, 0.15) is 32.6 Å². The number of hydrogen-bond acceptors (Lipinski definition) is 5. The highest BCUT2D eigenvalue weighted by Gasteiger charge is 2.40. The molecule has 3 aliphatic heterocycles. The van der Waals surface area contributed by atoms with Gasteiger partial charge < -0.3 is 19.6 Å². The van der Waals surface area contributed by atoms with Crippen LogP contribution in [0, 0.1) is 0 Å². The van der Waals surface area contributed by atoms with Crippen molar-refractivity contribution in [2.45, 2.75) is 50.3 Å². The van der Waals surface area contributed by atoms with E-state index in [-0.39, 0.29) is 18.6 Å². The molecule has 0 radical (unpaired) electrons. The molecule has 0 unspecified atom stereocenters. The lowest BCUT2D eigenvalue weighted by molar-refractivity contribution is -0.134. The Hall–Kier alpha value is -1.34. The van der Waals surface area contributed by atoms with Gasteiger partial charge in [-0.15, -0.1) is 0 Å². The second-order valence-corrected chi connectivity index (χ2v) is 7.24. The Kier molecular flexibility index (Phi) is 4.51. The Morgan fingerprint density at radius 1 is 1.13 bits per heavy atom. The molecular weight excluding hydrogens is 298 g/mol. The van der Waals surface area contributed by atoms with E-state index in [2.05, 4.69) is 11.9 Å². The number of carbonyl (C=O) groups excluding carboxylic acids is 2. The minimum atomic E-state index is -1.01. The molecule has 0 aromatic rings. The summed E-state index contributed by atoms with van der Waals surface area (Å²) in [6, 6.07) is 0.867. The fourth-order valence-corrected chi connectivity index (χ4v) is 3.93. The topological polar surface area (TPSA) is 73.3 Å². The zero-order valence-electron chi connectivity index (χ0n) is 14.0. The molecule has 3 saturated heterocycles. The number of rotatable bonds is 2. The van der Waals surface area contributed by atoms with E-state index < -0.39 is 5.60 Å². The summed E-state index contributed by atoms with van der Waals surface area (Å²) in [4.78, 5) is 29.5. The van der Waals surface area contributed by atoms with Crippen molar-refractivity contribution in [2.75, 3.05) is 39.8 Å². The van der Waals surface area contributed by atoms with Crippen molar-refractivity contribution in [3.05, 3.63) is 0 Å². The van der Waals surface area contributed by atoms with Crippen LogP contribution in [-0.4, -0.2) is 89.3 Å². The quantitative estimate of drug-likeness (QED) is 0.789. The number of nitrogens with zero attached hydrogens (tertiary/aromatic N) is 3. The predicted octanol–water partition coefficient (Wildman–Crippen LogP) is 0.275. The smallest absolute Gasteiger partial charge is 0.409 e. The zero-order chi connectivity index (χ0) is 16.6. The molecule has 3 heterocycles. The van der Waals surface area contributed by atoms with Gasteiger partial charge in [0.15, 0.2) is 0 Å². The molecule has 7 heteroatoms. The van der Waals surface area contributed by atoms with Gasteiger partial charge in [-0.1, -0.05) is 0 Å². The SMILES string of the molecule is CC(=O)N1CCC(O)(COC(=O)N2C[C@H]3CC[C@@H](C2)N3C)CC1. The van der Waals surface area contributed by atoms with Crippen molar-refractivity contribution in [1.29, 1.82) is 0 Å². The van der Waals surface area contributed by atoms with Crippen molar-refractivity contribution in [1.82, 2.24) is 14.7 Å². The van der Waals surface area contributed by atoms with Gasteiger partial charge in [-0.3, -0.25) is 9.69 Å². The lowest BCUT2D eigenvalue weighted by Gasteiger charge is -2.40. The molecule has 23 heavy (non-hydrogen) atoms. The standard InChI is InChI=1S/C16H27N3O4/c1-12(20)18-7-5-16(22,6-8-18)11-23-15(21)19-9-13-3-4-14(10-19)17(13)2/h13-14,22H,3-11H2,1-2H3/t13-,14+.